The summed E-state index contributed by atoms with van der Waals surface area (Å²) in [5.74, 6) is -3.01. The predicted molar refractivity (Wildman–Crippen MR) is 59.0 cm³/mol. The Kier molecular flexibility index (Phi) is 6.57. The molecule has 0 spiro atoms. The van der Waals surface area contributed by atoms with Crippen LogP contribution in [0.25, 0.3) is 0 Å². The van der Waals surface area contributed by atoms with Gasteiger partial charge in [0.1, 0.15) is 6.04 Å². The van der Waals surface area contributed by atoms with Crippen LogP contribution in [0, 0.1) is 0 Å². The van der Waals surface area contributed by atoms with Gasteiger partial charge in [-0.1, -0.05) is 6.08 Å². The molecule has 0 fully saturated rings. The number of nitrogens with one attached hydrogen (secondary N) is 1. The fourth-order valence-corrected chi connectivity index (χ4v) is 0.989. The lowest BCUT2D eigenvalue weighted by atomic mass is 10.2. The van der Waals surface area contributed by atoms with Crippen LogP contribution in [0.15, 0.2) is 12.7 Å². The minimum atomic E-state index is -1.53. The number of carboxylic acid groups (broad SMARTS) is 1. The molecule has 0 radical (unpaired) electrons. The summed E-state index contributed by atoms with van der Waals surface area (Å²) in [6, 6.07) is -2.68. The largest absolute Gasteiger partial charge is 0.480 e. The highest BCUT2D eigenvalue weighted by Gasteiger charge is 2.27. The second kappa shape index (κ2) is 7.39. The number of hydrogen-bond acceptors (Lipinski definition) is 5. The first-order valence-electron chi connectivity index (χ1n) is 5.00. The molecule has 0 rings (SSSR count). The lowest BCUT2D eigenvalue weighted by molar-refractivity contribution is -0.150. The number of amides is 1. The summed E-state index contributed by atoms with van der Waals surface area (Å²) in [5, 5.41) is 10.9. The van der Waals surface area contributed by atoms with Crippen molar-refractivity contribution in [1.29, 1.82) is 0 Å². The van der Waals surface area contributed by atoms with Crippen LogP contribution < -0.4 is 11.1 Å². The number of carbonyl (C=O) groups is 3. The van der Waals surface area contributed by atoms with E-state index in [1.807, 2.05) is 0 Å². The number of nitrogens with two attached hydrogens (primary N) is 1. The summed E-state index contributed by atoms with van der Waals surface area (Å²) >= 11 is 0. The number of aliphatic carboxylic acids is 1. The van der Waals surface area contributed by atoms with Crippen molar-refractivity contribution in [2.45, 2.75) is 25.4 Å². The van der Waals surface area contributed by atoms with Crippen LogP contribution in [0.2, 0.25) is 0 Å². The highest BCUT2D eigenvalue weighted by atomic mass is 16.5. The van der Waals surface area contributed by atoms with Gasteiger partial charge in [0, 0.05) is 0 Å². The second-order valence-corrected chi connectivity index (χ2v) is 3.15. The monoisotopic (exact) mass is 244 g/mol. The zero-order chi connectivity index (χ0) is 13.4. The van der Waals surface area contributed by atoms with E-state index in [0.717, 1.165) is 0 Å². The van der Waals surface area contributed by atoms with Gasteiger partial charge in [-0.2, -0.15) is 0 Å². The first-order chi connectivity index (χ1) is 7.93. The van der Waals surface area contributed by atoms with Crippen LogP contribution in [-0.2, 0) is 19.1 Å². The molecule has 2 atom stereocenters. The molecule has 1 amide bonds. The van der Waals surface area contributed by atoms with Crippen molar-refractivity contribution in [3.05, 3.63) is 12.7 Å². The van der Waals surface area contributed by atoms with Crippen LogP contribution in [0.4, 0.5) is 0 Å². The van der Waals surface area contributed by atoms with E-state index in [0.29, 0.717) is 0 Å². The molecule has 17 heavy (non-hydrogen) atoms. The quantitative estimate of drug-likeness (QED) is 0.301. The van der Waals surface area contributed by atoms with Crippen LogP contribution >= 0.6 is 0 Å². The minimum absolute atomic E-state index is 0.0383. The van der Waals surface area contributed by atoms with Crippen LogP contribution in [-0.4, -0.2) is 41.6 Å². The van der Waals surface area contributed by atoms with E-state index >= 15 is 0 Å². The van der Waals surface area contributed by atoms with E-state index in [4.69, 9.17) is 10.8 Å². The Bertz CT molecular complexity index is 316. The summed E-state index contributed by atoms with van der Waals surface area (Å²) in [7, 11) is 0. The van der Waals surface area contributed by atoms with Crippen molar-refractivity contribution < 1.29 is 24.2 Å². The molecule has 0 heterocycles. The molecule has 0 aliphatic rings. The summed E-state index contributed by atoms with van der Waals surface area (Å²) in [6.07, 6.45) is 1.38. The fourth-order valence-electron chi connectivity index (χ4n) is 0.989. The van der Waals surface area contributed by atoms with Gasteiger partial charge in [0.2, 0.25) is 5.91 Å². The van der Waals surface area contributed by atoms with E-state index in [9.17, 15) is 14.4 Å². The summed E-state index contributed by atoms with van der Waals surface area (Å²) in [4.78, 5) is 33.3. The van der Waals surface area contributed by atoms with E-state index in [1.165, 1.54) is 6.08 Å². The van der Waals surface area contributed by atoms with Crippen molar-refractivity contribution in [1.82, 2.24) is 5.32 Å². The third kappa shape index (κ3) is 5.12. The number of hydrogen-bond donors (Lipinski definition) is 3. The molecule has 0 aromatic heterocycles. The molecule has 96 valence electrons. The van der Waals surface area contributed by atoms with Crippen molar-refractivity contribution >= 4 is 17.8 Å². The first kappa shape index (κ1) is 15.1. The zero-order valence-electron chi connectivity index (χ0n) is 9.51. The molecule has 7 nitrogen and oxygen atoms in total. The predicted octanol–water partition coefficient (Wildman–Crippen LogP) is -0.978. The smallest absolute Gasteiger partial charge is 0.332 e. The molecule has 4 N–H and O–H groups in total. The maximum Gasteiger partial charge on any atom is 0.332 e. The van der Waals surface area contributed by atoms with Gasteiger partial charge >= 0.3 is 11.9 Å². The van der Waals surface area contributed by atoms with Crippen molar-refractivity contribution in [2.75, 3.05) is 6.61 Å². The Hall–Kier alpha value is -1.89. The van der Waals surface area contributed by atoms with Crippen molar-refractivity contribution in [3.63, 3.8) is 0 Å². The molecule has 0 saturated heterocycles. The Morgan fingerprint density at radius 1 is 1.53 bits per heavy atom. The molecule has 0 aliphatic carbocycles. The third-order valence-electron chi connectivity index (χ3n) is 1.84. The molecule has 0 bridgehead atoms. The van der Waals surface area contributed by atoms with Gasteiger partial charge in [0.25, 0.3) is 0 Å². The van der Waals surface area contributed by atoms with Gasteiger partial charge in [-0.3, -0.25) is 4.79 Å². The number of ether oxygens (including phenoxy) is 1. The van der Waals surface area contributed by atoms with Crippen molar-refractivity contribution in [3.8, 4) is 0 Å². The topological polar surface area (TPSA) is 119 Å². The van der Waals surface area contributed by atoms with E-state index in [2.05, 4.69) is 16.6 Å². The van der Waals surface area contributed by atoms with E-state index in [-0.39, 0.29) is 13.0 Å². The standard InChI is InChI=1S/C10H16N2O5/c1-3-5-6(9(14)15)12-8(13)7(11)10(16)17-4-2/h3,6-7H,1,4-5,11H2,2H3,(H,12,13)(H,14,15). The third-order valence-corrected chi connectivity index (χ3v) is 1.84. The highest BCUT2D eigenvalue weighted by molar-refractivity contribution is 6.02. The molecule has 0 aliphatic heterocycles. The van der Waals surface area contributed by atoms with Gasteiger partial charge in [0.05, 0.1) is 6.61 Å². The lowest BCUT2D eigenvalue weighted by Crippen LogP contribution is -2.51. The minimum Gasteiger partial charge on any atom is -0.480 e. The lowest BCUT2D eigenvalue weighted by Gasteiger charge is -2.15. The van der Waals surface area contributed by atoms with Gasteiger partial charge in [-0.25, -0.2) is 9.59 Å². The van der Waals surface area contributed by atoms with Gasteiger partial charge in [-0.05, 0) is 13.3 Å². The molecule has 7 heteroatoms. The van der Waals surface area contributed by atoms with Gasteiger partial charge in [0.15, 0.2) is 6.04 Å². The highest BCUT2D eigenvalue weighted by Crippen LogP contribution is 1.95. The Morgan fingerprint density at radius 2 is 2.12 bits per heavy atom. The van der Waals surface area contributed by atoms with Crippen LogP contribution in [0.3, 0.4) is 0 Å². The van der Waals surface area contributed by atoms with E-state index < -0.39 is 29.9 Å². The SMILES string of the molecule is C=CCC(NC(=O)C(N)C(=O)OCC)C(=O)O. The number of rotatable bonds is 7. The number of esters is 1. The molecule has 0 aromatic rings. The Balaban J connectivity index is 4.44. The summed E-state index contributed by atoms with van der Waals surface area (Å²) < 4.78 is 4.53. The first-order valence-corrected chi connectivity index (χ1v) is 5.00. The number of carboxylic acids is 1. The molecular formula is C10H16N2O5. The normalized spacial score (nSPS) is 13.3. The van der Waals surface area contributed by atoms with Crippen LogP contribution in [0.1, 0.15) is 13.3 Å². The zero-order valence-corrected chi connectivity index (χ0v) is 9.51. The summed E-state index contributed by atoms with van der Waals surface area (Å²) in [5.41, 5.74) is 5.29. The Labute approximate surface area is 98.6 Å². The van der Waals surface area contributed by atoms with E-state index in [1.54, 1.807) is 6.92 Å². The molecular weight excluding hydrogens is 228 g/mol. The number of carbonyl (C=O) groups excluding carboxylic acids is 2. The Morgan fingerprint density at radius 3 is 2.53 bits per heavy atom. The summed E-state index contributed by atoms with van der Waals surface area (Å²) in [6.45, 7) is 5.02. The van der Waals surface area contributed by atoms with Gasteiger partial charge in [-0.15, -0.1) is 6.58 Å². The molecule has 0 aromatic carbocycles. The molecule has 0 saturated carbocycles. The second-order valence-electron chi connectivity index (χ2n) is 3.15. The maximum absolute atomic E-state index is 11.4. The molecule has 2 unspecified atom stereocenters. The van der Waals surface area contributed by atoms with Crippen LogP contribution in [0.5, 0.6) is 0 Å². The average molecular weight is 244 g/mol. The average Bonchev–Trinajstić information content (AvgIpc) is 2.27. The van der Waals surface area contributed by atoms with Crippen molar-refractivity contribution in [2.24, 2.45) is 5.73 Å². The van der Waals surface area contributed by atoms with Gasteiger partial charge < -0.3 is 20.9 Å². The fraction of sp³-hybridized carbons (Fsp3) is 0.500. The maximum atomic E-state index is 11.4.